The lowest BCUT2D eigenvalue weighted by Gasteiger charge is -2.27. The molecule has 0 radical (unpaired) electrons. The SMILES string of the molecule is CO[P@@]1(=O)Oc2ccc(C)cc2C(=O)/C1=C(/C)NCCO. The van der Waals surface area contributed by atoms with Crippen LogP contribution in [-0.4, -0.2) is 31.2 Å². The molecule has 0 spiro atoms. The first-order chi connectivity index (χ1) is 9.92. The predicted molar refractivity (Wildman–Crippen MR) is 78.5 cm³/mol. The minimum absolute atomic E-state index is 0.0171. The van der Waals surface area contributed by atoms with Crippen LogP contribution in [0.3, 0.4) is 0 Å². The Labute approximate surface area is 123 Å². The van der Waals surface area contributed by atoms with E-state index >= 15 is 0 Å². The standard InChI is InChI=1S/C14H18NO5P/c1-9-4-5-12-11(8-9)13(17)14(10(2)15-6-7-16)21(18,19-3)20-12/h4-5,8,15-16H,6-7H2,1-3H3/b14-10+/t21-/m1/s1. The molecule has 2 rings (SSSR count). The molecule has 1 heterocycles. The molecule has 2 N–H and O–H groups in total. The van der Waals surface area contributed by atoms with Crippen LogP contribution < -0.4 is 9.84 Å². The van der Waals surface area contributed by atoms with Gasteiger partial charge in [-0.3, -0.25) is 9.32 Å². The Morgan fingerprint density at radius 2 is 2.19 bits per heavy atom. The van der Waals surface area contributed by atoms with Gasteiger partial charge in [0.05, 0.1) is 12.2 Å². The predicted octanol–water partition coefficient (Wildman–Crippen LogP) is 2.22. The molecule has 1 aliphatic rings. The van der Waals surface area contributed by atoms with Gasteiger partial charge in [-0.1, -0.05) is 11.6 Å². The number of aryl methyl sites for hydroxylation is 1. The summed E-state index contributed by atoms with van der Waals surface area (Å²) in [5.41, 5.74) is 1.64. The summed E-state index contributed by atoms with van der Waals surface area (Å²) in [5, 5.41) is 11.7. The van der Waals surface area contributed by atoms with Gasteiger partial charge in [0, 0.05) is 19.4 Å². The minimum atomic E-state index is -3.72. The molecule has 1 aromatic carbocycles. The van der Waals surface area contributed by atoms with Crippen molar-refractivity contribution in [3.8, 4) is 5.75 Å². The highest BCUT2D eigenvalue weighted by Gasteiger charge is 2.43. The molecule has 21 heavy (non-hydrogen) atoms. The van der Waals surface area contributed by atoms with E-state index in [1.54, 1.807) is 25.1 Å². The first kappa shape index (κ1) is 15.8. The number of nitrogens with one attached hydrogen (secondary N) is 1. The molecule has 0 aliphatic carbocycles. The van der Waals surface area contributed by atoms with E-state index in [-0.39, 0.29) is 30.0 Å². The zero-order valence-corrected chi connectivity index (χ0v) is 13.1. The highest BCUT2D eigenvalue weighted by atomic mass is 31.2. The Bertz CT molecular complexity index is 653. The number of Topliss-reactive ketones (excluding diaryl/α,β-unsaturated/α-hetero) is 1. The third-order valence-electron chi connectivity index (χ3n) is 3.18. The van der Waals surface area contributed by atoms with Gasteiger partial charge >= 0.3 is 7.60 Å². The van der Waals surface area contributed by atoms with Crippen LogP contribution in [0.2, 0.25) is 0 Å². The van der Waals surface area contributed by atoms with Crippen LogP contribution in [0.15, 0.2) is 29.2 Å². The van der Waals surface area contributed by atoms with Gasteiger partial charge in [0.25, 0.3) is 0 Å². The quantitative estimate of drug-likeness (QED) is 0.655. The zero-order chi connectivity index (χ0) is 15.6. The Balaban J connectivity index is 2.58. The molecule has 0 fully saturated rings. The molecule has 0 aromatic heterocycles. The van der Waals surface area contributed by atoms with Gasteiger partial charge in [0.1, 0.15) is 11.1 Å². The van der Waals surface area contributed by atoms with Crippen LogP contribution >= 0.6 is 7.60 Å². The van der Waals surface area contributed by atoms with Gasteiger partial charge in [0.15, 0.2) is 0 Å². The van der Waals surface area contributed by atoms with Crippen molar-refractivity contribution in [2.75, 3.05) is 20.3 Å². The van der Waals surface area contributed by atoms with Crippen molar-refractivity contribution in [3.63, 3.8) is 0 Å². The summed E-state index contributed by atoms with van der Waals surface area (Å²) in [7, 11) is -2.48. The van der Waals surface area contributed by atoms with Gasteiger partial charge in [-0.2, -0.15) is 0 Å². The minimum Gasteiger partial charge on any atom is -0.420 e. The van der Waals surface area contributed by atoms with Gasteiger partial charge in [-0.15, -0.1) is 0 Å². The molecular weight excluding hydrogens is 293 g/mol. The molecule has 0 saturated heterocycles. The monoisotopic (exact) mass is 311 g/mol. The number of fused-ring (bicyclic) bond motifs is 1. The van der Waals surface area contributed by atoms with E-state index < -0.39 is 7.60 Å². The van der Waals surface area contributed by atoms with Crippen LogP contribution in [0, 0.1) is 6.92 Å². The van der Waals surface area contributed by atoms with Crippen molar-refractivity contribution in [2.24, 2.45) is 0 Å². The van der Waals surface area contributed by atoms with Gasteiger partial charge < -0.3 is 14.9 Å². The summed E-state index contributed by atoms with van der Waals surface area (Å²) >= 11 is 0. The second-order valence-corrected chi connectivity index (χ2v) is 6.71. The lowest BCUT2D eigenvalue weighted by molar-refractivity contribution is 0.102. The van der Waals surface area contributed by atoms with E-state index in [2.05, 4.69) is 5.32 Å². The van der Waals surface area contributed by atoms with Crippen LogP contribution in [0.25, 0.3) is 0 Å². The first-order valence-electron chi connectivity index (χ1n) is 6.50. The van der Waals surface area contributed by atoms with E-state index in [1.165, 1.54) is 7.11 Å². The third kappa shape index (κ3) is 2.88. The van der Waals surface area contributed by atoms with Gasteiger partial charge in [0.2, 0.25) is 5.78 Å². The normalized spacial score (nSPS) is 23.3. The van der Waals surface area contributed by atoms with E-state index in [1.807, 2.05) is 6.92 Å². The van der Waals surface area contributed by atoms with E-state index in [0.29, 0.717) is 11.3 Å². The van der Waals surface area contributed by atoms with Crippen molar-refractivity contribution in [1.29, 1.82) is 0 Å². The number of rotatable bonds is 4. The summed E-state index contributed by atoms with van der Waals surface area (Å²) in [4.78, 5) is 12.7. The topological polar surface area (TPSA) is 84.9 Å². The average Bonchev–Trinajstić information content (AvgIpc) is 2.46. The van der Waals surface area contributed by atoms with Crippen molar-refractivity contribution in [3.05, 3.63) is 40.3 Å². The summed E-state index contributed by atoms with van der Waals surface area (Å²) in [6.07, 6.45) is 0. The fourth-order valence-corrected chi connectivity index (χ4v) is 3.78. The summed E-state index contributed by atoms with van der Waals surface area (Å²) in [6.45, 7) is 3.61. The largest absolute Gasteiger partial charge is 0.420 e. The molecule has 7 heteroatoms. The Hall–Kier alpha value is -1.62. The molecule has 0 amide bonds. The second kappa shape index (κ2) is 6.02. The molecular formula is C14H18NO5P. The maximum Gasteiger partial charge on any atom is 0.416 e. The number of carbonyl (C=O) groups excluding carboxylic acids is 1. The molecule has 1 aliphatic heterocycles. The Morgan fingerprint density at radius 1 is 1.48 bits per heavy atom. The lowest BCUT2D eigenvalue weighted by atomic mass is 10.1. The molecule has 0 saturated carbocycles. The molecule has 0 bridgehead atoms. The molecule has 1 aromatic rings. The molecule has 6 nitrogen and oxygen atoms in total. The highest BCUT2D eigenvalue weighted by Crippen LogP contribution is 2.60. The number of aliphatic hydroxyl groups is 1. The number of hydrogen-bond donors (Lipinski definition) is 2. The number of hydrogen-bond acceptors (Lipinski definition) is 6. The van der Waals surface area contributed by atoms with Crippen LogP contribution in [-0.2, 0) is 9.09 Å². The number of ketones is 1. The summed E-state index contributed by atoms with van der Waals surface area (Å²) in [6, 6.07) is 5.08. The van der Waals surface area contributed by atoms with E-state index in [0.717, 1.165) is 5.56 Å². The van der Waals surface area contributed by atoms with Crippen molar-refractivity contribution in [2.45, 2.75) is 13.8 Å². The van der Waals surface area contributed by atoms with E-state index in [4.69, 9.17) is 14.2 Å². The fourth-order valence-electron chi connectivity index (χ4n) is 2.16. The van der Waals surface area contributed by atoms with E-state index in [9.17, 15) is 9.36 Å². The molecule has 1 atom stereocenters. The van der Waals surface area contributed by atoms with Crippen LogP contribution in [0.5, 0.6) is 5.75 Å². The fraction of sp³-hybridized carbons (Fsp3) is 0.357. The van der Waals surface area contributed by atoms with Crippen molar-refractivity contribution in [1.82, 2.24) is 5.32 Å². The van der Waals surface area contributed by atoms with Gasteiger partial charge in [-0.25, -0.2) is 4.57 Å². The van der Waals surface area contributed by atoms with Crippen LogP contribution in [0.1, 0.15) is 22.8 Å². The number of benzene rings is 1. The van der Waals surface area contributed by atoms with Crippen LogP contribution in [0.4, 0.5) is 0 Å². The van der Waals surface area contributed by atoms with Crippen molar-refractivity contribution >= 4 is 13.4 Å². The number of aliphatic hydroxyl groups excluding tert-OH is 1. The maximum atomic E-state index is 12.8. The number of carbonyl (C=O) groups is 1. The summed E-state index contributed by atoms with van der Waals surface area (Å²) < 4.78 is 23.2. The highest BCUT2D eigenvalue weighted by molar-refractivity contribution is 7.60. The maximum absolute atomic E-state index is 12.8. The average molecular weight is 311 g/mol. The third-order valence-corrected chi connectivity index (χ3v) is 5.19. The smallest absolute Gasteiger partial charge is 0.416 e. The second-order valence-electron chi connectivity index (χ2n) is 4.72. The Morgan fingerprint density at radius 3 is 2.81 bits per heavy atom. The molecule has 0 unspecified atom stereocenters. The van der Waals surface area contributed by atoms with Gasteiger partial charge in [-0.05, 0) is 26.0 Å². The number of allylic oxidation sites excluding steroid dienone is 2. The Kier molecular flexibility index (Phi) is 4.52. The van der Waals surface area contributed by atoms with Crippen molar-refractivity contribution < 1.29 is 23.5 Å². The first-order valence-corrected chi connectivity index (χ1v) is 8.04. The molecule has 114 valence electrons. The zero-order valence-electron chi connectivity index (χ0n) is 12.2. The summed E-state index contributed by atoms with van der Waals surface area (Å²) in [5.74, 6) is -0.123. The lowest BCUT2D eigenvalue weighted by Crippen LogP contribution is -2.24.